The maximum Gasteiger partial charge on any atom is 0.337 e. The number of hydrogen-bond acceptors (Lipinski definition) is 19. The summed E-state index contributed by atoms with van der Waals surface area (Å²) in [5, 5.41) is 4.25. The molecule has 0 bridgehead atoms. The minimum atomic E-state index is -1.67. The fourth-order valence-corrected chi connectivity index (χ4v) is 9.56. The summed E-state index contributed by atoms with van der Waals surface area (Å²) in [5.74, 6) is -3.63. The first-order chi connectivity index (χ1) is 37.4. The molecular weight excluding hydrogens is 1000 g/mol. The highest BCUT2D eigenvalue weighted by atomic mass is 16.8. The maximum atomic E-state index is 13.9. The van der Waals surface area contributed by atoms with Gasteiger partial charge in [-0.05, 0) is 41.6 Å². The van der Waals surface area contributed by atoms with Crippen LogP contribution >= 0.6 is 0 Å². The number of nitrogens with zero attached hydrogens (tertiary/aromatic N) is 3. The van der Waals surface area contributed by atoms with E-state index in [0.717, 1.165) is 16.7 Å². The lowest BCUT2D eigenvalue weighted by Gasteiger charge is -2.50. The van der Waals surface area contributed by atoms with Crippen molar-refractivity contribution in [3.8, 4) is 0 Å². The molecule has 77 heavy (non-hydrogen) atoms. The Morgan fingerprint density at radius 2 is 1.12 bits per heavy atom. The number of esters is 3. The Bertz CT molecular complexity index is 2560. The van der Waals surface area contributed by atoms with Crippen LogP contribution in [0.3, 0.4) is 0 Å². The molecule has 0 N–H and O–H groups in total. The third kappa shape index (κ3) is 14.7. The molecule has 0 radical (unpaired) electrons. The third-order valence-corrected chi connectivity index (χ3v) is 13.0. The van der Waals surface area contributed by atoms with Gasteiger partial charge in [-0.1, -0.05) is 133 Å². The van der Waals surface area contributed by atoms with Gasteiger partial charge < -0.3 is 71.1 Å². The fraction of sp³-hybridized carbons (Fsp3) is 0.482. The van der Waals surface area contributed by atoms with Gasteiger partial charge in [-0.3, -0.25) is 4.79 Å². The summed E-state index contributed by atoms with van der Waals surface area (Å²) in [5.41, 5.74) is 13.5. The number of benzene rings is 4. The smallest absolute Gasteiger partial charge is 0.337 e. The molecule has 412 valence electrons. The first kappa shape index (κ1) is 57.0. The molecule has 0 spiro atoms. The minimum Gasteiger partial charge on any atom is -0.467 e. The maximum absolute atomic E-state index is 13.9. The van der Waals surface area contributed by atoms with Gasteiger partial charge in [0.05, 0.1) is 53.9 Å². The van der Waals surface area contributed by atoms with E-state index >= 15 is 0 Å². The molecule has 8 rings (SSSR count). The summed E-state index contributed by atoms with van der Waals surface area (Å²) >= 11 is 0. The minimum absolute atomic E-state index is 0.0229. The molecule has 0 unspecified atom stereocenters. The quantitative estimate of drug-likeness (QED) is 0.0180. The number of fused-ring (bicyclic) bond motifs is 1. The summed E-state index contributed by atoms with van der Waals surface area (Å²) in [7, 11) is 2.38. The highest BCUT2D eigenvalue weighted by molar-refractivity contribution is 5.76. The first-order valence-corrected chi connectivity index (χ1v) is 25.2. The number of methoxy groups -OCH3 is 2. The molecule has 15 atom stereocenters. The van der Waals surface area contributed by atoms with Crippen molar-refractivity contribution in [2.24, 2.45) is 5.11 Å². The molecule has 4 fully saturated rings. The fourth-order valence-electron chi connectivity index (χ4n) is 9.56. The summed E-state index contributed by atoms with van der Waals surface area (Å²) in [6.07, 6.45) is -17.3. The molecule has 21 heteroatoms. The summed E-state index contributed by atoms with van der Waals surface area (Å²) in [4.78, 5) is 44.2. The molecule has 4 aliphatic rings. The van der Waals surface area contributed by atoms with Gasteiger partial charge in [0.15, 0.2) is 43.0 Å². The SMILES string of the molecule is C=CCO[C@H]1[C@H](OCc2ccccc2)[C@@H](OC(C)=O)[C@H](O[C@H]2[C@H](OCc3ccccc3)[C@@H](N=[N+]=[N-])[C@@H](O[C@H]3[C@H](OCc4ccccc4)[C@H]4OC(C)(C)O[C@H]4O[C@@H]3C(=O)OC)O[C@@H]2COCc2ccccc2)O[C@H]1C(=O)OC. The zero-order valence-electron chi connectivity index (χ0n) is 43.4. The van der Waals surface area contributed by atoms with E-state index in [9.17, 15) is 19.9 Å². The van der Waals surface area contributed by atoms with Crippen LogP contribution in [0.25, 0.3) is 10.4 Å². The second-order valence-electron chi connectivity index (χ2n) is 18.9. The summed E-state index contributed by atoms with van der Waals surface area (Å²) in [6, 6.07) is 35.6. The molecule has 0 amide bonds. The normalized spacial score (nSPS) is 30.5. The monoisotopic (exact) mass is 1070 g/mol. The van der Waals surface area contributed by atoms with E-state index in [1.807, 2.05) is 121 Å². The third-order valence-electron chi connectivity index (χ3n) is 13.0. The van der Waals surface area contributed by atoms with E-state index in [1.54, 1.807) is 13.8 Å². The highest BCUT2D eigenvalue weighted by Crippen LogP contribution is 2.42. The van der Waals surface area contributed by atoms with Gasteiger partial charge in [0.25, 0.3) is 0 Å². The van der Waals surface area contributed by atoms with Crippen molar-refractivity contribution in [3.63, 3.8) is 0 Å². The van der Waals surface area contributed by atoms with E-state index < -0.39 is 116 Å². The lowest BCUT2D eigenvalue weighted by Crippen LogP contribution is -2.68. The average molecular weight is 1070 g/mol. The Morgan fingerprint density at radius 1 is 0.610 bits per heavy atom. The lowest BCUT2D eigenvalue weighted by molar-refractivity contribution is -0.364. The first-order valence-electron chi connectivity index (χ1n) is 25.2. The van der Waals surface area contributed by atoms with Gasteiger partial charge in [0.2, 0.25) is 0 Å². The number of azide groups is 1. The summed E-state index contributed by atoms with van der Waals surface area (Å²) < 4.78 is 95.3. The molecule has 4 heterocycles. The van der Waals surface area contributed by atoms with Crippen LogP contribution in [0, 0.1) is 0 Å². The van der Waals surface area contributed by atoms with Crippen LogP contribution in [0.4, 0.5) is 0 Å². The van der Waals surface area contributed by atoms with Crippen LogP contribution in [-0.2, 0) is 112 Å². The largest absolute Gasteiger partial charge is 0.467 e. The molecule has 0 aliphatic carbocycles. The van der Waals surface area contributed by atoms with E-state index in [4.69, 9.17) is 71.1 Å². The molecule has 4 aromatic rings. The van der Waals surface area contributed by atoms with Crippen LogP contribution in [0.15, 0.2) is 139 Å². The number of rotatable bonds is 24. The summed E-state index contributed by atoms with van der Waals surface area (Å²) in [6.45, 7) is 8.09. The number of carbonyl (C=O) groups is 3. The molecule has 0 aromatic heterocycles. The predicted octanol–water partition coefficient (Wildman–Crippen LogP) is 6.58. The molecular formula is C56H65N3O18. The Kier molecular flexibility index (Phi) is 20.3. The average Bonchev–Trinajstić information content (AvgIpc) is 3.79. The number of carbonyl (C=O) groups excluding carboxylic acids is 3. The molecule has 4 aromatic carbocycles. The lowest BCUT2D eigenvalue weighted by atomic mass is 9.94. The zero-order chi connectivity index (χ0) is 54.3. The van der Waals surface area contributed by atoms with Crippen molar-refractivity contribution < 1.29 is 85.4 Å². The van der Waals surface area contributed by atoms with E-state index in [-0.39, 0.29) is 39.6 Å². The van der Waals surface area contributed by atoms with Gasteiger partial charge in [-0.25, -0.2) is 9.59 Å². The van der Waals surface area contributed by atoms with Gasteiger partial charge in [-0.15, -0.1) is 6.58 Å². The van der Waals surface area contributed by atoms with E-state index in [2.05, 4.69) is 16.6 Å². The van der Waals surface area contributed by atoms with Crippen LogP contribution in [0.2, 0.25) is 0 Å². The van der Waals surface area contributed by atoms with Crippen LogP contribution in [0.5, 0.6) is 0 Å². The van der Waals surface area contributed by atoms with Crippen molar-refractivity contribution in [1.82, 2.24) is 0 Å². The van der Waals surface area contributed by atoms with Crippen molar-refractivity contribution in [1.29, 1.82) is 0 Å². The Balaban J connectivity index is 1.22. The van der Waals surface area contributed by atoms with Crippen LogP contribution in [-0.4, -0.2) is 143 Å². The second-order valence-corrected chi connectivity index (χ2v) is 18.9. The topological polar surface area (TPSA) is 238 Å². The van der Waals surface area contributed by atoms with Crippen molar-refractivity contribution >= 4 is 17.9 Å². The van der Waals surface area contributed by atoms with Crippen molar-refractivity contribution in [2.45, 2.75) is 145 Å². The predicted molar refractivity (Wildman–Crippen MR) is 269 cm³/mol. The van der Waals surface area contributed by atoms with Gasteiger partial charge in [0.1, 0.15) is 54.9 Å². The Morgan fingerprint density at radius 3 is 1.64 bits per heavy atom. The van der Waals surface area contributed by atoms with E-state index in [0.29, 0.717) is 5.56 Å². The van der Waals surface area contributed by atoms with Crippen LogP contribution < -0.4 is 0 Å². The van der Waals surface area contributed by atoms with Crippen LogP contribution in [0.1, 0.15) is 43.0 Å². The van der Waals surface area contributed by atoms with Gasteiger partial charge in [0, 0.05) is 11.8 Å². The Labute approximate surface area is 446 Å². The number of hydrogen-bond donors (Lipinski definition) is 0. The second kappa shape index (κ2) is 27.4. The Hall–Kier alpha value is -6.14. The van der Waals surface area contributed by atoms with Crippen molar-refractivity contribution in [2.75, 3.05) is 27.4 Å². The highest BCUT2D eigenvalue weighted by Gasteiger charge is 2.61. The molecule has 4 aliphatic heterocycles. The molecule has 4 saturated heterocycles. The van der Waals surface area contributed by atoms with E-state index in [1.165, 1.54) is 27.2 Å². The zero-order valence-corrected chi connectivity index (χ0v) is 43.4. The molecule has 21 nitrogen and oxygen atoms in total. The van der Waals surface area contributed by atoms with Gasteiger partial charge in [-0.2, -0.15) is 0 Å². The van der Waals surface area contributed by atoms with Gasteiger partial charge >= 0.3 is 17.9 Å². The van der Waals surface area contributed by atoms with Crippen molar-refractivity contribution in [3.05, 3.63) is 167 Å². The standard InChI is InChI=1S/C56H65N3O18/c1-7-28-66-43-44(68-31-37-24-16-10-17-25-37)49(70-34(2)60)54(74-47(43)51(61)63-5)72-41-39(33-65-29-35-20-12-8-13-21-35)71-53(40(58-59-57)42(41)67-30-36-22-14-9-15-23-36)73-46-45(69-32-38-26-18-11-19-27-38)50-55(77-56(3,4)76-50)75-48(46)52(62)64-6/h7-27,39-50,53-55H,1,28-33H2,2-6H3/t39-,40-,41-,42-,43+,44+,45+,46+,47-,48+,49-,50-,53-,54-,55-/m1/s1. The number of ether oxygens (including phenoxy) is 15. The molecule has 0 saturated carbocycles.